The van der Waals surface area contributed by atoms with Crippen molar-refractivity contribution in [3.63, 3.8) is 0 Å². The second-order valence-corrected chi connectivity index (χ2v) is 7.41. The topological polar surface area (TPSA) is 41.1 Å². The maximum Gasteiger partial charge on any atom is 0.230 e. The largest absolute Gasteiger partial charge is 0.352 e. The molecule has 0 spiro atoms. The molecule has 1 aromatic rings. The van der Waals surface area contributed by atoms with Crippen LogP contribution >= 0.6 is 15.9 Å². The second kappa shape index (κ2) is 6.09. The SMILES string of the molecule is CC1CNCCC1NC(=O)C1(c2ccc(Br)cc2)CCC1. The van der Waals surface area contributed by atoms with Crippen LogP contribution in [0.3, 0.4) is 0 Å². The number of halogens is 1. The van der Waals surface area contributed by atoms with Crippen LogP contribution in [0.15, 0.2) is 28.7 Å². The van der Waals surface area contributed by atoms with Crippen LogP contribution in [0.2, 0.25) is 0 Å². The molecule has 0 aromatic heterocycles. The summed E-state index contributed by atoms with van der Waals surface area (Å²) in [6.45, 7) is 4.21. The van der Waals surface area contributed by atoms with Crippen LogP contribution in [0.5, 0.6) is 0 Å². The lowest BCUT2D eigenvalue weighted by Crippen LogP contribution is -2.56. The van der Waals surface area contributed by atoms with Gasteiger partial charge in [0, 0.05) is 10.5 Å². The molecule has 1 aliphatic heterocycles. The fourth-order valence-corrected chi connectivity index (χ4v) is 3.75. The van der Waals surface area contributed by atoms with Crippen LogP contribution in [0.4, 0.5) is 0 Å². The lowest BCUT2D eigenvalue weighted by molar-refractivity contribution is -0.131. The first-order valence-corrected chi connectivity index (χ1v) is 8.69. The Morgan fingerprint density at radius 3 is 2.62 bits per heavy atom. The number of amides is 1. The molecule has 114 valence electrons. The van der Waals surface area contributed by atoms with E-state index in [-0.39, 0.29) is 11.3 Å². The Morgan fingerprint density at radius 2 is 2.05 bits per heavy atom. The Kier molecular flexibility index (Phi) is 4.36. The maximum atomic E-state index is 12.9. The summed E-state index contributed by atoms with van der Waals surface area (Å²) in [5.41, 5.74) is 0.877. The van der Waals surface area contributed by atoms with Gasteiger partial charge in [0.15, 0.2) is 0 Å². The third-order valence-electron chi connectivity index (χ3n) is 5.14. The van der Waals surface area contributed by atoms with E-state index in [1.807, 2.05) is 12.1 Å². The van der Waals surface area contributed by atoms with Gasteiger partial charge in [0.25, 0.3) is 0 Å². The highest BCUT2D eigenvalue weighted by atomic mass is 79.9. The molecule has 0 radical (unpaired) electrons. The standard InChI is InChI=1S/C17H23BrN2O/c1-12-11-19-10-7-15(12)20-16(21)17(8-2-9-17)13-3-5-14(18)6-4-13/h3-6,12,15,19H,2,7-11H2,1H3,(H,20,21). The van der Waals surface area contributed by atoms with Crippen molar-refractivity contribution in [2.45, 2.75) is 44.1 Å². The van der Waals surface area contributed by atoms with Crippen molar-refractivity contribution < 1.29 is 4.79 Å². The first-order valence-electron chi connectivity index (χ1n) is 7.89. The smallest absolute Gasteiger partial charge is 0.230 e. The van der Waals surface area contributed by atoms with E-state index in [1.54, 1.807) is 0 Å². The zero-order valence-corrected chi connectivity index (χ0v) is 14.1. The summed E-state index contributed by atoms with van der Waals surface area (Å²) < 4.78 is 1.06. The van der Waals surface area contributed by atoms with E-state index in [1.165, 1.54) is 0 Å². The van der Waals surface area contributed by atoms with E-state index >= 15 is 0 Å². The van der Waals surface area contributed by atoms with Gasteiger partial charge in [-0.3, -0.25) is 4.79 Å². The third kappa shape index (κ3) is 2.88. The minimum Gasteiger partial charge on any atom is -0.352 e. The molecular formula is C17H23BrN2O. The van der Waals surface area contributed by atoms with Gasteiger partial charge in [-0.2, -0.15) is 0 Å². The zero-order valence-electron chi connectivity index (χ0n) is 12.5. The molecule has 2 aliphatic rings. The molecule has 1 aliphatic carbocycles. The predicted octanol–water partition coefficient (Wildman–Crippen LogP) is 2.99. The van der Waals surface area contributed by atoms with Gasteiger partial charge in [-0.25, -0.2) is 0 Å². The molecule has 1 amide bonds. The lowest BCUT2D eigenvalue weighted by Gasteiger charge is -2.43. The molecule has 3 rings (SSSR count). The number of nitrogens with one attached hydrogen (secondary N) is 2. The van der Waals surface area contributed by atoms with Gasteiger partial charge >= 0.3 is 0 Å². The second-order valence-electron chi connectivity index (χ2n) is 6.49. The fraction of sp³-hybridized carbons (Fsp3) is 0.588. The van der Waals surface area contributed by atoms with Crippen LogP contribution in [0.1, 0.15) is 38.2 Å². The number of benzene rings is 1. The Labute approximate surface area is 135 Å². The number of carbonyl (C=O) groups is 1. The molecule has 1 aromatic carbocycles. The molecule has 21 heavy (non-hydrogen) atoms. The minimum atomic E-state index is -0.286. The van der Waals surface area contributed by atoms with Crippen molar-refractivity contribution in [2.24, 2.45) is 5.92 Å². The molecule has 4 heteroatoms. The summed E-state index contributed by atoms with van der Waals surface area (Å²) in [5.74, 6) is 0.736. The van der Waals surface area contributed by atoms with Gasteiger partial charge in [0.1, 0.15) is 0 Å². The summed E-state index contributed by atoms with van der Waals surface area (Å²) in [6.07, 6.45) is 4.12. The molecule has 2 atom stereocenters. The summed E-state index contributed by atoms with van der Waals surface area (Å²) >= 11 is 3.47. The van der Waals surface area contributed by atoms with E-state index in [9.17, 15) is 4.79 Å². The number of rotatable bonds is 3. The Hall–Kier alpha value is -0.870. The van der Waals surface area contributed by atoms with Gasteiger partial charge in [0.2, 0.25) is 5.91 Å². The summed E-state index contributed by atoms with van der Waals surface area (Å²) in [4.78, 5) is 12.9. The van der Waals surface area contributed by atoms with Crippen molar-refractivity contribution >= 4 is 21.8 Å². The molecule has 1 heterocycles. The summed E-state index contributed by atoms with van der Waals surface area (Å²) in [7, 11) is 0. The monoisotopic (exact) mass is 350 g/mol. The predicted molar refractivity (Wildman–Crippen MR) is 88.3 cm³/mol. The highest BCUT2D eigenvalue weighted by Gasteiger charge is 2.46. The highest BCUT2D eigenvalue weighted by Crippen LogP contribution is 2.44. The van der Waals surface area contributed by atoms with Crippen molar-refractivity contribution in [2.75, 3.05) is 13.1 Å². The van der Waals surface area contributed by atoms with Crippen LogP contribution in [0, 0.1) is 5.92 Å². The molecule has 1 saturated carbocycles. The van der Waals surface area contributed by atoms with Crippen LogP contribution in [0.25, 0.3) is 0 Å². The fourth-order valence-electron chi connectivity index (χ4n) is 3.48. The van der Waals surface area contributed by atoms with Gasteiger partial charge in [0.05, 0.1) is 5.41 Å². The van der Waals surface area contributed by atoms with E-state index in [2.05, 4.69) is 45.6 Å². The van der Waals surface area contributed by atoms with Gasteiger partial charge in [-0.15, -0.1) is 0 Å². The Bertz CT molecular complexity index is 510. The zero-order chi connectivity index (χ0) is 14.9. The van der Waals surface area contributed by atoms with E-state index in [4.69, 9.17) is 0 Å². The normalized spacial score (nSPS) is 27.7. The van der Waals surface area contributed by atoms with Gasteiger partial charge < -0.3 is 10.6 Å². The quantitative estimate of drug-likeness (QED) is 0.879. The van der Waals surface area contributed by atoms with Crippen molar-refractivity contribution in [1.29, 1.82) is 0 Å². The van der Waals surface area contributed by atoms with Crippen molar-refractivity contribution in [3.8, 4) is 0 Å². The first-order chi connectivity index (χ1) is 10.1. The summed E-state index contributed by atoms with van der Waals surface area (Å²) in [6, 6.07) is 8.57. The number of hydrogen-bond acceptors (Lipinski definition) is 2. The summed E-state index contributed by atoms with van der Waals surface area (Å²) in [5, 5.41) is 6.72. The van der Waals surface area contributed by atoms with Crippen LogP contribution < -0.4 is 10.6 Å². The number of piperidine rings is 1. The van der Waals surface area contributed by atoms with E-state index < -0.39 is 0 Å². The van der Waals surface area contributed by atoms with Crippen molar-refractivity contribution in [3.05, 3.63) is 34.3 Å². The van der Waals surface area contributed by atoms with Crippen LogP contribution in [-0.2, 0) is 10.2 Å². The number of carbonyl (C=O) groups excluding carboxylic acids is 1. The minimum absolute atomic E-state index is 0.231. The third-order valence-corrected chi connectivity index (χ3v) is 5.67. The molecular weight excluding hydrogens is 328 g/mol. The van der Waals surface area contributed by atoms with Gasteiger partial charge in [-0.1, -0.05) is 41.4 Å². The molecule has 2 N–H and O–H groups in total. The van der Waals surface area contributed by atoms with E-state index in [0.717, 1.165) is 48.8 Å². The first kappa shape index (κ1) is 15.0. The molecule has 2 unspecified atom stereocenters. The maximum absolute atomic E-state index is 12.9. The molecule has 3 nitrogen and oxygen atoms in total. The average molecular weight is 351 g/mol. The molecule has 1 saturated heterocycles. The van der Waals surface area contributed by atoms with Crippen LogP contribution in [-0.4, -0.2) is 25.0 Å². The Balaban J connectivity index is 1.76. The lowest BCUT2D eigenvalue weighted by atomic mass is 9.63. The average Bonchev–Trinajstić information content (AvgIpc) is 2.42. The molecule has 0 bridgehead atoms. The molecule has 2 fully saturated rings. The number of hydrogen-bond donors (Lipinski definition) is 2. The van der Waals surface area contributed by atoms with Gasteiger partial charge in [-0.05, 0) is 56.0 Å². The van der Waals surface area contributed by atoms with E-state index in [0.29, 0.717) is 12.0 Å². The highest BCUT2D eigenvalue weighted by molar-refractivity contribution is 9.10. The van der Waals surface area contributed by atoms with Crippen molar-refractivity contribution in [1.82, 2.24) is 10.6 Å². The Morgan fingerprint density at radius 1 is 1.33 bits per heavy atom.